The molecule has 1 N–H and O–H groups in total. The van der Waals surface area contributed by atoms with Gasteiger partial charge in [-0.3, -0.25) is 0 Å². The van der Waals surface area contributed by atoms with Gasteiger partial charge < -0.3 is 15.0 Å². The molecule has 0 spiro atoms. The summed E-state index contributed by atoms with van der Waals surface area (Å²) in [4.78, 5) is 2.27. The summed E-state index contributed by atoms with van der Waals surface area (Å²) >= 11 is 0. The molecule has 94 valence electrons. The van der Waals surface area contributed by atoms with Crippen LogP contribution in [0.4, 0.5) is 0 Å². The normalized spacial score (nSPS) is 38.2. The molecule has 3 heteroatoms. The van der Waals surface area contributed by atoms with Crippen LogP contribution in [0.5, 0.6) is 0 Å². The van der Waals surface area contributed by atoms with E-state index in [0.717, 1.165) is 19.1 Å². The first-order valence-corrected chi connectivity index (χ1v) is 6.46. The molecule has 2 rings (SSSR count). The molecule has 1 heterocycles. The van der Waals surface area contributed by atoms with Gasteiger partial charge in [-0.15, -0.1) is 0 Å². The second-order valence-electron chi connectivity index (χ2n) is 6.26. The van der Waals surface area contributed by atoms with Gasteiger partial charge in [0, 0.05) is 36.6 Å². The van der Waals surface area contributed by atoms with Gasteiger partial charge in [0.15, 0.2) is 0 Å². The summed E-state index contributed by atoms with van der Waals surface area (Å²) in [5, 5.41) is 3.74. The zero-order valence-corrected chi connectivity index (χ0v) is 11.3. The fourth-order valence-corrected chi connectivity index (χ4v) is 3.22. The summed E-state index contributed by atoms with van der Waals surface area (Å²) in [7, 11) is 4.28. The molecule has 0 aromatic carbocycles. The molecule has 2 fully saturated rings. The molecular formula is C13H26N2O. The third-order valence-electron chi connectivity index (χ3n) is 4.62. The second-order valence-corrected chi connectivity index (χ2v) is 6.26. The van der Waals surface area contributed by atoms with Crippen molar-refractivity contribution in [2.24, 2.45) is 11.3 Å². The van der Waals surface area contributed by atoms with Crippen LogP contribution >= 0.6 is 0 Å². The van der Waals surface area contributed by atoms with Crippen LogP contribution in [0.1, 0.15) is 27.2 Å². The molecule has 0 bridgehead atoms. The Hall–Kier alpha value is -0.120. The topological polar surface area (TPSA) is 24.5 Å². The average molecular weight is 226 g/mol. The van der Waals surface area contributed by atoms with E-state index in [9.17, 15) is 0 Å². The van der Waals surface area contributed by atoms with Crippen molar-refractivity contribution >= 4 is 0 Å². The van der Waals surface area contributed by atoms with Gasteiger partial charge in [-0.2, -0.15) is 0 Å². The lowest BCUT2D eigenvalue weighted by Gasteiger charge is -2.55. The van der Waals surface area contributed by atoms with Crippen LogP contribution in [0, 0.1) is 11.3 Å². The summed E-state index contributed by atoms with van der Waals surface area (Å²) in [6.45, 7) is 8.96. The highest BCUT2D eigenvalue weighted by atomic mass is 16.5. The van der Waals surface area contributed by atoms with E-state index in [2.05, 4.69) is 45.1 Å². The summed E-state index contributed by atoms with van der Waals surface area (Å²) in [6.07, 6.45) is 1.74. The van der Waals surface area contributed by atoms with E-state index in [1.807, 2.05) is 0 Å². The number of nitrogens with one attached hydrogen (secondary N) is 1. The molecule has 0 radical (unpaired) electrons. The van der Waals surface area contributed by atoms with E-state index in [1.54, 1.807) is 0 Å². The summed E-state index contributed by atoms with van der Waals surface area (Å²) in [6, 6.07) is 1.24. The molecule has 0 amide bonds. The van der Waals surface area contributed by atoms with E-state index in [1.165, 1.54) is 6.42 Å². The maximum atomic E-state index is 5.80. The largest absolute Gasteiger partial charge is 0.377 e. The average Bonchev–Trinajstić information content (AvgIpc) is 2.63. The third kappa shape index (κ3) is 1.89. The Morgan fingerprint density at radius 2 is 2.12 bits per heavy atom. The van der Waals surface area contributed by atoms with Crippen molar-refractivity contribution in [2.75, 3.05) is 27.2 Å². The van der Waals surface area contributed by atoms with Crippen molar-refractivity contribution in [2.45, 2.75) is 45.4 Å². The fraction of sp³-hybridized carbons (Fsp3) is 1.00. The first kappa shape index (κ1) is 12.3. The van der Waals surface area contributed by atoms with Crippen LogP contribution < -0.4 is 5.32 Å². The SMILES string of the molecule is CC(CNC1C2CCOC2C1(C)C)N(C)C. The number of nitrogens with zero attached hydrogens (tertiary/aromatic N) is 1. The standard InChI is InChI=1S/C13H26N2O/c1-9(15(4)5)8-14-11-10-6-7-16-12(10)13(11,2)3/h9-12,14H,6-8H2,1-5H3. The van der Waals surface area contributed by atoms with Crippen LogP contribution in [0.15, 0.2) is 0 Å². The van der Waals surface area contributed by atoms with E-state index < -0.39 is 0 Å². The molecular weight excluding hydrogens is 200 g/mol. The third-order valence-corrected chi connectivity index (χ3v) is 4.62. The molecule has 4 atom stereocenters. The Morgan fingerprint density at radius 3 is 2.75 bits per heavy atom. The predicted octanol–water partition coefficient (Wildman–Crippen LogP) is 1.34. The highest BCUT2D eigenvalue weighted by Gasteiger charge is 2.58. The highest BCUT2D eigenvalue weighted by molar-refractivity contribution is 5.11. The van der Waals surface area contributed by atoms with Gasteiger partial charge in [-0.05, 0) is 27.4 Å². The summed E-state index contributed by atoms with van der Waals surface area (Å²) < 4.78 is 5.80. The zero-order valence-electron chi connectivity index (χ0n) is 11.3. The van der Waals surface area contributed by atoms with Crippen LogP contribution in [0.3, 0.4) is 0 Å². The first-order chi connectivity index (χ1) is 7.44. The van der Waals surface area contributed by atoms with Crippen molar-refractivity contribution in [3.05, 3.63) is 0 Å². The Balaban J connectivity index is 1.86. The van der Waals surface area contributed by atoms with Crippen molar-refractivity contribution in [3.8, 4) is 0 Å². The lowest BCUT2D eigenvalue weighted by atomic mass is 9.57. The Bertz CT molecular complexity index is 252. The van der Waals surface area contributed by atoms with Crippen molar-refractivity contribution in [3.63, 3.8) is 0 Å². The van der Waals surface area contributed by atoms with E-state index in [-0.39, 0.29) is 0 Å². The number of hydrogen-bond acceptors (Lipinski definition) is 3. The Labute approximate surface area is 99.5 Å². The molecule has 1 saturated carbocycles. The lowest BCUT2D eigenvalue weighted by Crippen LogP contribution is -2.66. The van der Waals surface area contributed by atoms with Crippen molar-refractivity contribution in [1.29, 1.82) is 0 Å². The van der Waals surface area contributed by atoms with E-state index >= 15 is 0 Å². The fourth-order valence-electron chi connectivity index (χ4n) is 3.22. The highest BCUT2D eigenvalue weighted by Crippen LogP contribution is 2.51. The molecule has 16 heavy (non-hydrogen) atoms. The minimum absolute atomic E-state index is 0.313. The maximum Gasteiger partial charge on any atom is 0.0685 e. The summed E-state index contributed by atoms with van der Waals surface area (Å²) in [5.41, 5.74) is 0.313. The maximum absolute atomic E-state index is 5.80. The minimum atomic E-state index is 0.313. The van der Waals surface area contributed by atoms with Gasteiger partial charge in [0.2, 0.25) is 0 Å². The Kier molecular flexibility index (Phi) is 3.30. The van der Waals surface area contributed by atoms with E-state index in [4.69, 9.17) is 4.74 Å². The van der Waals surface area contributed by atoms with Crippen molar-refractivity contribution in [1.82, 2.24) is 10.2 Å². The predicted molar refractivity (Wildman–Crippen MR) is 66.6 cm³/mol. The molecule has 1 aliphatic heterocycles. The monoisotopic (exact) mass is 226 g/mol. The van der Waals surface area contributed by atoms with Gasteiger partial charge in [0.1, 0.15) is 0 Å². The van der Waals surface area contributed by atoms with Crippen LogP contribution in [0.25, 0.3) is 0 Å². The molecule has 1 aliphatic carbocycles. The number of likely N-dealkylation sites (N-methyl/N-ethyl adjacent to an activating group) is 1. The molecule has 1 saturated heterocycles. The van der Waals surface area contributed by atoms with Gasteiger partial charge in [-0.1, -0.05) is 13.8 Å². The van der Waals surface area contributed by atoms with Gasteiger partial charge >= 0.3 is 0 Å². The molecule has 2 aliphatic rings. The second kappa shape index (κ2) is 4.28. The zero-order chi connectivity index (χ0) is 11.9. The molecule has 3 nitrogen and oxygen atoms in total. The smallest absolute Gasteiger partial charge is 0.0685 e. The van der Waals surface area contributed by atoms with Crippen LogP contribution in [0.2, 0.25) is 0 Å². The number of ether oxygens (including phenoxy) is 1. The first-order valence-electron chi connectivity index (χ1n) is 6.46. The van der Waals surface area contributed by atoms with Gasteiger partial charge in [0.05, 0.1) is 6.10 Å². The molecule has 0 aromatic heterocycles. The van der Waals surface area contributed by atoms with Crippen LogP contribution in [-0.2, 0) is 4.74 Å². The quantitative estimate of drug-likeness (QED) is 0.783. The molecule has 0 aromatic rings. The number of fused-ring (bicyclic) bond motifs is 1. The van der Waals surface area contributed by atoms with Crippen LogP contribution in [-0.4, -0.2) is 50.3 Å². The number of rotatable bonds is 4. The van der Waals surface area contributed by atoms with E-state index in [0.29, 0.717) is 23.6 Å². The summed E-state index contributed by atoms with van der Waals surface area (Å²) in [5.74, 6) is 0.754. The van der Waals surface area contributed by atoms with Gasteiger partial charge in [0.25, 0.3) is 0 Å². The molecule has 4 unspecified atom stereocenters. The van der Waals surface area contributed by atoms with Crippen molar-refractivity contribution < 1.29 is 4.74 Å². The lowest BCUT2D eigenvalue weighted by molar-refractivity contribution is -0.113. The van der Waals surface area contributed by atoms with Gasteiger partial charge in [-0.25, -0.2) is 0 Å². The Morgan fingerprint density at radius 1 is 1.44 bits per heavy atom. The number of hydrogen-bond donors (Lipinski definition) is 1. The minimum Gasteiger partial charge on any atom is -0.377 e.